The minimum Gasteiger partial charge on any atom is -0.391 e. The maximum atomic E-state index is 12.5. The third-order valence-corrected chi connectivity index (χ3v) is 4.77. The molecule has 2 amide bonds. The van der Waals surface area contributed by atoms with Gasteiger partial charge in [0.15, 0.2) is 0 Å². The summed E-state index contributed by atoms with van der Waals surface area (Å²) in [6, 6.07) is 9.19. The van der Waals surface area contributed by atoms with E-state index in [4.69, 9.17) is 0 Å². The predicted molar refractivity (Wildman–Crippen MR) is 98.0 cm³/mol. The summed E-state index contributed by atoms with van der Waals surface area (Å²) in [6.07, 6.45) is 1.55. The van der Waals surface area contributed by atoms with Crippen molar-refractivity contribution < 1.29 is 14.7 Å². The first-order chi connectivity index (χ1) is 11.7. The molecule has 0 bridgehead atoms. The molecule has 1 aromatic carbocycles. The number of carbonyl (C=O) groups excluding carboxylic acids is 2. The Morgan fingerprint density at radius 2 is 1.76 bits per heavy atom. The third-order valence-electron chi connectivity index (χ3n) is 4.77. The summed E-state index contributed by atoms with van der Waals surface area (Å²) in [4.78, 5) is 24.4. The highest BCUT2D eigenvalue weighted by atomic mass is 16.3. The predicted octanol–water partition coefficient (Wildman–Crippen LogP) is 2.13. The average Bonchev–Trinajstić information content (AvgIpc) is 3.37. The summed E-state index contributed by atoms with van der Waals surface area (Å²) in [6.45, 7) is 7.76. The summed E-state index contributed by atoms with van der Waals surface area (Å²) in [5.41, 5.74) is 1.12. The number of aliphatic hydroxyl groups is 1. The van der Waals surface area contributed by atoms with Crippen LogP contribution in [0.25, 0.3) is 0 Å². The van der Waals surface area contributed by atoms with Gasteiger partial charge >= 0.3 is 0 Å². The van der Waals surface area contributed by atoms with Gasteiger partial charge in [0.1, 0.15) is 6.04 Å². The molecular formula is C20H30N2O3. The van der Waals surface area contributed by atoms with Crippen molar-refractivity contribution >= 4 is 11.8 Å². The summed E-state index contributed by atoms with van der Waals surface area (Å²) < 4.78 is 0. The van der Waals surface area contributed by atoms with E-state index in [1.54, 1.807) is 0 Å². The quantitative estimate of drug-likeness (QED) is 0.675. The normalized spacial score (nSPS) is 18.1. The van der Waals surface area contributed by atoms with Crippen LogP contribution in [0.5, 0.6) is 0 Å². The molecule has 3 unspecified atom stereocenters. The Morgan fingerprint density at radius 3 is 2.28 bits per heavy atom. The minimum absolute atomic E-state index is 0.00323. The zero-order valence-corrected chi connectivity index (χ0v) is 15.6. The number of rotatable bonds is 8. The van der Waals surface area contributed by atoms with Crippen LogP contribution >= 0.6 is 0 Å². The second-order valence-corrected chi connectivity index (χ2v) is 7.86. The maximum absolute atomic E-state index is 12.5. The fourth-order valence-electron chi connectivity index (χ4n) is 3.18. The topological polar surface area (TPSA) is 78.4 Å². The third kappa shape index (κ3) is 5.56. The fraction of sp³-hybridized carbons (Fsp3) is 0.600. The molecule has 3 atom stereocenters. The van der Waals surface area contributed by atoms with E-state index in [1.807, 2.05) is 25.1 Å². The lowest BCUT2D eigenvalue weighted by atomic mass is 9.79. The van der Waals surface area contributed by atoms with Gasteiger partial charge < -0.3 is 15.7 Å². The second kappa shape index (κ2) is 8.00. The van der Waals surface area contributed by atoms with Gasteiger partial charge in [-0.1, -0.05) is 44.2 Å². The largest absolute Gasteiger partial charge is 0.391 e. The molecule has 138 valence electrons. The first-order valence-electron chi connectivity index (χ1n) is 9.05. The molecular weight excluding hydrogens is 316 g/mol. The molecule has 1 aliphatic carbocycles. The Bertz CT molecular complexity index is 594. The van der Waals surface area contributed by atoms with Crippen molar-refractivity contribution in [3.05, 3.63) is 35.9 Å². The summed E-state index contributed by atoms with van der Waals surface area (Å²) in [7, 11) is 0. The van der Waals surface area contributed by atoms with Gasteiger partial charge in [0.2, 0.25) is 11.8 Å². The van der Waals surface area contributed by atoms with Gasteiger partial charge in [0.05, 0.1) is 6.10 Å². The van der Waals surface area contributed by atoms with Crippen LogP contribution in [-0.2, 0) is 15.0 Å². The molecule has 3 N–H and O–H groups in total. The minimum atomic E-state index is -0.933. The molecule has 0 saturated heterocycles. The smallest absolute Gasteiger partial charge is 0.245 e. The summed E-state index contributed by atoms with van der Waals surface area (Å²) in [5.74, 6) is -0.470. The molecule has 2 rings (SSSR count). The molecule has 5 nitrogen and oxygen atoms in total. The lowest BCUT2D eigenvalue weighted by molar-refractivity contribution is -0.132. The molecule has 1 aliphatic rings. The lowest BCUT2D eigenvalue weighted by Gasteiger charge is -2.30. The molecule has 5 heteroatoms. The van der Waals surface area contributed by atoms with Crippen LogP contribution in [0, 0.1) is 5.92 Å². The van der Waals surface area contributed by atoms with Gasteiger partial charge in [0, 0.05) is 12.0 Å². The molecule has 0 aromatic heterocycles. The maximum Gasteiger partial charge on any atom is 0.245 e. The van der Waals surface area contributed by atoms with E-state index in [2.05, 4.69) is 36.6 Å². The van der Waals surface area contributed by atoms with Crippen molar-refractivity contribution in [1.82, 2.24) is 10.6 Å². The summed E-state index contributed by atoms with van der Waals surface area (Å²) >= 11 is 0. The van der Waals surface area contributed by atoms with E-state index in [0.29, 0.717) is 0 Å². The number of amides is 2. The standard InChI is InChI=1S/C20H30N2O3/c1-13(12-20(3,4)16-8-6-5-7-9-16)21-19(25)17(14(2)23)22-18(24)15-10-11-15/h5-9,13-15,17,23H,10-12H2,1-4H3,(H,21,25)(H,22,24). The molecule has 1 saturated carbocycles. The second-order valence-electron chi connectivity index (χ2n) is 7.86. The van der Waals surface area contributed by atoms with Crippen LogP contribution in [-0.4, -0.2) is 35.1 Å². The van der Waals surface area contributed by atoms with E-state index in [0.717, 1.165) is 19.3 Å². The highest BCUT2D eigenvalue weighted by molar-refractivity contribution is 5.89. The lowest BCUT2D eigenvalue weighted by Crippen LogP contribution is -2.54. The Labute approximate surface area is 150 Å². The first kappa shape index (κ1) is 19.4. The fourth-order valence-corrected chi connectivity index (χ4v) is 3.18. The van der Waals surface area contributed by atoms with Crippen molar-refractivity contribution in [3.63, 3.8) is 0 Å². The number of nitrogens with one attached hydrogen (secondary N) is 2. The van der Waals surface area contributed by atoms with Crippen molar-refractivity contribution in [1.29, 1.82) is 0 Å². The zero-order valence-electron chi connectivity index (χ0n) is 15.6. The highest BCUT2D eigenvalue weighted by Crippen LogP contribution is 2.29. The van der Waals surface area contributed by atoms with E-state index >= 15 is 0 Å². The van der Waals surface area contributed by atoms with Gasteiger partial charge in [-0.2, -0.15) is 0 Å². The van der Waals surface area contributed by atoms with Crippen molar-refractivity contribution in [3.8, 4) is 0 Å². The molecule has 0 radical (unpaired) electrons. The molecule has 1 aromatic rings. The first-order valence-corrected chi connectivity index (χ1v) is 9.05. The number of aliphatic hydroxyl groups excluding tert-OH is 1. The van der Waals surface area contributed by atoms with Crippen molar-refractivity contribution in [2.45, 2.75) is 70.6 Å². The monoisotopic (exact) mass is 346 g/mol. The Morgan fingerprint density at radius 1 is 1.16 bits per heavy atom. The molecule has 0 aliphatic heterocycles. The van der Waals surface area contributed by atoms with Gasteiger partial charge in [-0.25, -0.2) is 0 Å². The van der Waals surface area contributed by atoms with Gasteiger partial charge in [0.25, 0.3) is 0 Å². The number of hydrogen-bond donors (Lipinski definition) is 3. The van der Waals surface area contributed by atoms with Crippen LogP contribution in [0.2, 0.25) is 0 Å². The van der Waals surface area contributed by atoms with Crippen molar-refractivity contribution in [2.75, 3.05) is 0 Å². The van der Waals surface area contributed by atoms with Gasteiger partial charge in [-0.3, -0.25) is 9.59 Å². The molecule has 25 heavy (non-hydrogen) atoms. The van der Waals surface area contributed by atoms with E-state index in [-0.39, 0.29) is 29.2 Å². The van der Waals surface area contributed by atoms with E-state index in [1.165, 1.54) is 12.5 Å². The van der Waals surface area contributed by atoms with Crippen molar-refractivity contribution in [2.24, 2.45) is 5.92 Å². The Balaban J connectivity index is 1.93. The van der Waals surface area contributed by atoms with Crippen LogP contribution < -0.4 is 10.6 Å². The Hall–Kier alpha value is -1.88. The summed E-state index contributed by atoms with van der Waals surface area (Å²) in [5, 5.41) is 15.5. The van der Waals surface area contributed by atoms with E-state index < -0.39 is 12.1 Å². The molecule has 0 spiro atoms. The average molecular weight is 346 g/mol. The molecule has 1 fully saturated rings. The van der Waals surface area contributed by atoms with Crippen LogP contribution in [0.1, 0.15) is 52.5 Å². The SMILES string of the molecule is CC(CC(C)(C)c1ccccc1)NC(=O)C(NC(=O)C1CC1)C(C)O. The van der Waals surface area contributed by atoms with Gasteiger partial charge in [-0.15, -0.1) is 0 Å². The zero-order chi connectivity index (χ0) is 18.6. The highest BCUT2D eigenvalue weighted by Gasteiger charge is 2.35. The Kier molecular flexibility index (Phi) is 6.22. The van der Waals surface area contributed by atoms with Gasteiger partial charge in [-0.05, 0) is 44.1 Å². The van der Waals surface area contributed by atoms with E-state index in [9.17, 15) is 14.7 Å². The van der Waals surface area contributed by atoms with Crippen LogP contribution in [0.4, 0.5) is 0 Å². The number of hydrogen-bond acceptors (Lipinski definition) is 3. The number of benzene rings is 1. The van der Waals surface area contributed by atoms with Crippen LogP contribution in [0.3, 0.4) is 0 Å². The number of carbonyl (C=O) groups is 2. The molecule has 0 heterocycles. The van der Waals surface area contributed by atoms with Crippen LogP contribution in [0.15, 0.2) is 30.3 Å².